The van der Waals surface area contributed by atoms with Crippen LogP contribution in [0, 0.1) is 39.9 Å². The molecular weight excluding hydrogens is 440 g/mol. The number of carbonyl (C=O) groups is 3. The number of carbonyl (C=O) groups excluding carboxylic acids is 3. The molecular formula is C26H38O8. The van der Waals surface area contributed by atoms with Gasteiger partial charge in [-0.3, -0.25) is 14.4 Å². The van der Waals surface area contributed by atoms with Crippen LogP contribution in [0.2, 0.25) is 0 Å². The Morgan fingerprint density at radius 2 is 1.88 bits per heavy atom. The van der Waals surface area contributed by atoms with Crippen LogP contribution in [-0.4, -0.2) is 47.8 Å². The first-order valence-electron chi connectivity index (χ1n) is 12.9. The van der Waals surface area contributed by atoms with E-state index < -0.39 is 54.0 Å². The summed E-state index contributed by atoms with van der Waals surface area (Å²) in [6.07, 6.45) is 1.24. The first-order chi connectivity index (χ1) is 16.0. The van der Waals surface area contributed by atoms with Crippen LogP contribution < -0.4 is 0 Å². The minimum atomic E-state index is -1.29. The fraction of sp³-hybridized carbons (Fsp3) is 0.885. The van der Waals surface area contributed by atoms with Crippen LogP contribution in [0.3, 0.4) is 0 Å². The summed E-state index contributed by atoms with van der Waals surface area (Å²) in [7, 11) is 0. The monoisotopic (exact) mass is 478 g/mol. The summed E-state index contributed by atoms with van der Waals surface area (Å²) in [5, 5.41) is 11.6. The summed E-state index contributed by atoms with van der Waals surface area (Å²) in [5.41, 5.74) is -1.56. The van der Waals surface area contributed by atoms with Crippen LogP contribution >= 0.6 is 0 Å². The zero-order valence-electron chi connectivity index (χ0n) is 20.9. The molecule has 0 amide bonds. The molecule has 3 aliphatic carbocycles. The summed E-state index contributed by atoms with van der Waals surface area (Å²) >= 11 is 0. The highest BCUT2D eigenvalue weighted by atomic mass is 16.8. The first kappa shape index (κ1) is 24.0. The number of fused-ring (bicyclic) bond motifs is 2. The molecule has 0 aromatic rings. The smallest absolute Gasteiger partial charge is 0.311 e. The second-order valence-corrected chi connectivity index (χ2v) is 12.1. The van der Waals surface area contributed by atoms with Gasteiger partial charge < -0.3 is 24.1 Å². The molecule has 1 N–H and O–H groups in total. The third-order valence-corrected chi connectivity index (χ3v) is 9.92. The molecule has 0 aromatic heterocycles. The molecule has 10 unspecified atom stereocenters. The van der Waals surface area contributed by atoms with E-state index in [9.17, 15) is 19.5 Å². The lowest BCUT2D eigenvalue weighted by atomic mass is 9.37. The average Bonchev–Trinajstić information content (AvgIpc) is 3.20. The molecule has 5 rings (SSSR count). The van der Waals surface area contributed by atoms with Crippen molar-refractivity contribution in [2.24, 2.45) is 39.9 Å². The third-order valence-electron chi connectivity index (χ3n) is 9.92. The Hall–Kier alpha value is -1.67. The SMILES string of the molecule is CCCC(=O)OC1C(OC(C)=O)C2C(C)(C)CCCC2(C)C2CCC3C(=O)OC4OC(O)C12C43. The lowest BCUT2D eigenvalue weighted by molar-refractivity contribution is -0.310. The van der Waals surface area contributed by atoms with Crippen molar-refractivity contribution in [3.63, 3.8) is 0 Å². The third kappa shape index (κ3) is 3.06. The van der Waals surface area contributed by atoms with Crippen molar-refractivity contribution in [2.45, 2.75) is 104 Å². The summed E-state index contributed by atoms with van der Waals surface area (Å²) in [5.74, 6) is -2.19. The Morgan fingerprint density at radius 3 is 2.56 bits per heavy atom. The summed E-state index contributed by atoms with van der Waals surface area (Å²) in [6, 6.07) is 0. The molecule has 8 heteroatoms. The van der Waals surface area contributed by atoms with Crippen molar-refractivity contribution in [3.05, 3.63) is 0 Å². The van der Waals surface area contributed by atoms with Crippen molar-refractivity contribution in [2.75, 3.05) is 0 Å². The van der Waals surface area contributed by atoms with Gasteiger partial charge in [-0.1, -0.05) is 34.1 Å². The summed E-state index contributed by atoms with van der Waals surface area (Å²) in [6.45, 7) is 9.92. The molecule has 3 saturated carbocycles. The number of ether oxygens (including phenoxy) is 4. The van der Waals surface area contributed by atoms with Crippen LogP contribution in [0.5, 0.6) is 0 Å². The topological polar surface area (TPSA) is 108 Å². The van der Waals surface area contributed by atoms with E-state index in [0.717, 1.165) is 19.3 Å². The van der Waals surface area contributed by atoms with Crippen LogP contribution in [0.1, 0.15) is 79.6 Å². The van der Waals surface area contributed by atoms with E-state index in [1.165, 1.54) is 6.92 Å². The highest BCUT2D eigenvalue weighted by Gasteiger charge is 2.81. The van der Waals surface area contributed by atoms with Gasteiger partial charge in [0.25, 0.3) is 0 Å². The second kappa shape index (κ2) is 7.92. The lowest BCUT2D eigenvalue weighted by Crippen LogP contribution is -2.73. The number of esters is 3. The van der Waals surface area contributed by atoms with Crippen LogP contribution in [0.15, 0.2) is 0 Å². The molecule has 5 aliphatic rings. The van der Waals surface area contributed by atoms with E-state index in [-0.39, 0.29) is 35.1 Å². The van der Waals surface area contributed by atoms with Gasteiger partial charge in [-0.05, 0) is 48.9 Å². The van der Waals surface area contributed by atoms with Crippen LogP contribution in [-0.2, 0) is 33.3 Å². The molecule has 2 aliphatic heterocycles. The Morgan fingerprint density at radius 1 is 1.15 bits per heavy atom. The predicted octanol–water partition coefficient (Wildman–Crippen LogP) is 3.34. The zero-order valence-corrected chi connectivity index (χ0v) is 20.9. The van der Waals surface area contributed by atoms with Gasteiger partial charge in [0.15, 0.2) is 12.4 Å². The van der Waals surface area contributed by atoms with E-state index in [4.69, 9.17) is 18.9 Å². The Kier molecular flexibility index (Phi) is 5.60. The van der Waals surface area contributed by atoms with Crippen LogP contribution in [0.25, 0.3) is 0 Å². The molecule has 5 fully saturated rings. The molecule has 2 heterocycles. The van der Waals surface area contributed by atoms with Gasteiger partial charge in [-0.2, -0.15) is 0 Å². The van der Waals surface area contributed by atoms with Gasteiger partial charge in [-0.25, -0.2) is 0 Å². The molecule has 0 bridgehead atoms. The predicted molar refractivity (Wildman–Crippen MR) is 119 cm³/mol. The average molecular weight is 479 g/mol. The summed E-state index contributed by atoms with van der Waals surface area (Å²) < 4.78 is 23.8. The Bertz CT molecular complexity index is 884. The van der Waals surface area contributed by atoms with E-state index >= 15 is 0 Å². The Balaban J connectivity index is 1.73. The number of aliphatic hydroxyl groups is 1. The molecule has 2 saturated heterocycles. The van der Waals surface area contributed by atoms with Gasteiger partial charge in [0.05, 0.1) is 11.3 Å². The molecule has 0 aromatic carbocycles. The molecule has 190 valence electrons. The number of hydrogen-bond donors (Lipinski definition) is 1. The lowest BCUT2D eigenvalue weighted by Gasteiger charge is -2.68. The standard InChI is InChI=1S/C26H38O8/c1-6-8-16(28)32-20-18(31-13(2)27)19-24(3,4)11-7-12-25(19,5)15-10-9-14-17-22(33-21(14)29)34-23(30)26(15,17)20/h14-15,17-20,22-23,30H,6-12H2,1-5H3. The Labute approximate surface area is 201 Å². The van der Waals surface area contributed by atoms with Crippen molar-refractivity contribution >= 4 is 17.9 Å². The van der Waals surface area contributed by atoms with Gasteiger partial charge in [0, 0.05) is 25.2 Å². The van der Waals surface area contributed by atoms with Gasteiger partial charge in [-0.15, -0.1) is 0 Å². The number of hydrogen-bond acceptors (Lipinski definition) is 8. The molecule has 0 radical (unpaired) electrons. The van der Waals surface area contributed by atoms with E-state index in [1.807, 2.05) is 6.92 Å². The van der Waals surface area contributed by atoms with Crippen molar-refractivity contribution in [1.82, 2.24) is 0 Å². The number of aliphatic hydroxyl groups excluding tert-OH is 1. The fourth-order valence-electron chi connectivity index (χ4n) is 9.14. The maximum absolute atomic E-state index is 13.0. The van der Waals surface area contributed by atoms with Gasteiger partial charge in [0.2, 0.25) is 6.29 Å². The van der Waals surface area contributed by atoms with Crippen molar-refractivity contribution in [3.8, 4) is 0 Å². The maximum atomic E-state index is 13.0. The van der Waals surface area contributed by atoms with Crippen LogP contribution in [0.4, 0.5) is 0 Å². The first-order valence-corrected chi connectivity index (χ1v) is 12.9. The van der Waals surface area contributed by atoms with Crippen molar-refractivity contribution in [1.29, 1.82) is 0 Å². The normalized spacial score (nSPS) is 48.2. The number of rotatable bonds is 4. The molecule has 1 spiro atoms. The minimum absolute atomic E-state index is 0.0754. The molecule has 8 nitrogen and oxygen atoms in total. The van der Waals surface area contributed by atoms with Crippen molar-refractivity contribution < 1.29 is 38.4 Å². The largest absolute Gasteiger partial charge is 0.458 e. The van der Waals surface area contributed by atoms with E-state index in [2.05, 4.69) is 20.8 Å². The maximum Gasteiger partial charge on any atom is 0.311 e. The zero-order chi connectivity index (χ0) is 24.6. The second-order valence-electron chi connectivity index (χ2n) is 12.1. The van der Waals surface area contributed by atoms with E-state index in [1.54, 1.807) is 0 Å². The van der Waals surface area contributed by atoms with Gasteiger partial charge >= 0.3 is 17.9 Å². The highest BCUT2D eigenvalue weighted by molar-refractivity contribution is 5.76. The fourth-order valence-corrected chi connectivity index (χ4v) is 9.14. The minimum Gasteiger partial charge on any atom is -0.458 e. The molecule has 10 atom stereocenters. The molecule has 34 heavy (non-hydrogen) atoms. The summed E-state index contributed by atoms with van der Waals surface area (Å²) in [4.78, 5) is 38.2. The quantitative estimate of drug-likeness (QED) is 0.484. The van der Waals surface area contributed by atoms with E-state index in [0.29, 0.717) is 19.3 Å². The van der Waals surface area contributed by atoms with Gasteiger partial charge in [0.1, 0.15) is 6.10 Å². The highest BCUT2D eigenvalue weighted by Crippen LogP contribution is 2.74.